The minimum absolute atomic E-state index is 0.0432. The molecule has 0 radical (unpaired) electrons. The maximum atomic E-state index is 13.2. The molecule has 2 N–H and O–H groups in total. The quantitative estimate of drug-likeness (QED) is 0.648. The highest BCUT2D eigenvalue weighted by molar-refractivity contribution is 6.03. The van der Waals surface area contributed by atoms with Crippen LogP contribution in [0.3, 0.4) is 0 Å². The Labute approximate surface area is 170 Å². The predicted molar refractivity (Wildman–Crippen MR) is 114 cm³/mol. The highest BCUT2D eigenvalue weighted by atomic mass is 16.7. The van der Waals surface area contributed by atoms with Crippen LogP contribution in [0.15, 0.2) is 36.4 Å². The Morgan fingerprint density at radius 1 is 1.07 bits per heavy atom. The largest absolute Gasteiger partial charge is 0.454 e. The zero-order valence-corrected chi connectivity index (χ0v) is 17.3. The maximum Gasteiger partial charge on any atom is 0.235 e. The summed E-state index contributed by atoms with van der Waals surface area (Å²) in [6.07, 6.45) is 1.69. The molecule has 3 aromatic rings. The van der Waals surface area contributed by atoms with Crippen molar-refractivity contribution in [1.29, 1.82) is 0 Å². The fourth-order valence-corrected chi connectivity index (χ4v) is 4.12. The van der Waals surface area contributed by atoms with Crippen molar-refractivity contribution in [3.8, 4) is 11.5 Å². The summed E-state index contributed by atoms with van der Waals surface area (Å²) < 4.78 is 10.9. The van der Waals surface area contributed by atoms with Crippen molar-refractivity contribution in [2.45, 2.75) is 51.4 Å². The van der Waals surface area contributed by atoms with E-state index in [0.717, 1.165) is 52.1 Å². The zero-order chi connectivity index (χ0) is 20.4. The Morgan fingerprint density at radius 3 is 2.55 bits per heavy atom. The van der Waals surface area contributed by atoms with Crippen molar-refractivity contribution in [3.63, 3.8) is 0 Å². The minimum Gasteiger partial charge on any atom is -0.454 e. The second-order valence-corrected chi connectivity index (χ2v) is 9.29. The van der Waals surface area contributed by atoms with Crippen molar-refractivity contribution >= 4 is 22.5 Å². The van der Waals surface area contributed by atoms with Gasteiger partial charge in [-0.1, -0.05) is 26.8 Å². The Balaban J connectivity index is 1.44. The summed E-state index contributed by atoms with van der Waals surface area (Å²) in [5.74, 6) is 1.51. The minimum atomic E-state index is -0.474. The zero-order valence-electron chi connectivity index (χ0n) is 17.3. The molecule has 5 heteroatoms. The number of carbonyl (C=O) groups is 1. The first kappa shape index (κ1) is 18.1. The van der Waals surface area contributed by atoms with E-state index in [1.807, 2.05) is 24.3 Å². The number of H-pyrrole nitrogens is 1. The number of aromatic nitrogens is 1. The molecule has 0 atom stereocenters. The molecule has 0 spiro atoms. The van der Waals surface area contributed by atoms with Crippen molar-refractivity contribution in [2.75, 3.05) is 12.1 Å². The van der Waals surface area contributed by atoms with Gasteiger partial charge in [-0.15, -0.1) is 0 Å². The molecule has 5 nitrogen and oxygen atoms in total. The number of aromatic amines is 1. The van der Waals surface area contributed by atoms with Gasteiger partial charge in [0.25, 0.3) is 0 Å². The fraction of sp³-hybridized carbons (Fsp3) is 0.375. The molecule has 1 fully saturated rings. The van der Waals surface area contributed by atoms with Crippen LogP contribution in [0.25, 0.3) is 10.9 Å². The molecule has 2 heterocycles. The molecule has 1 aliphatic carbocycles. The number of rotatable bonds is 3. The van der Waals surface area contributed by atoms with Crippen LogP contribution in [0.2, 0.25) is 0 Å². The molecule has 0 saturated heterocycles. The number of nitrogens with one attached hydrogen (secondary N) is 2. The van der Waals surface area contributed by atoms with E-state index < -0.39 is 5.41 Å². The third kappa shape index (κ3) is 2.96. The standard InChI is InChI=1S/C24H26N2O3/c1-14-9-17(10-15-11-20(23(2,3)4)26-21(14)15)25-22(27)24(7-8-24)16-5-6-18-19(12-16)29-13-28-18/h5-6,9-12,26H,7-8,13H2,1-4H3,(H,25,27). The number of fused-ring (bicyclic) bond motifs is 2. The third-order valence-corrected chi connectivity index (χ3v) is 6.10. The van der Waals surface area contributed by atoms with Crippen LogP contribution in [0.4, 0.5) is 5.69 Å². The average molecular weight is 390 g/mol. The molecule has 29 heavy (non-hydrogen) atoms. The van der Waals surface area contributed by atoms with Gasteiger partial charge in [0.05, 0.1) is 5.41 Å². The first-order valence-corrected chi connectivity index (χ1v) is 10.1. The van der Waals surface area contributed by atoms with E-state index in [2.05, 4.69) is 50.1 Å². The monoisotopic (exact) mass is 390 g/mol. The van der Waals surface area contributed by atoms with Gasteiger partial charge in [0.15, 0.2) is 11.5 Å². The molecular formula is C24H26N2O3. The van der Waals surface area contributed by atoms with Gasteiger partial charge in [0, 0.05) is 27.7 Å². The lowest BCUT2D eigenvalue weighted by Crippen LogP contribution is -2.27. The maximum absolute atomic E-state index is 13.2. The van der Waals surface area contributed by atoms with Crippen molar-refractivity contribution in [2.24, 2.45) is 0 Å². The third-order valence-electron chi connectivity index (χ3n) is 6.10. The van der Waals surface area contributed by atoms with Gasteiger partial charge < -0.3 is 19.8 Å². The predicted octanol–water partition coefficient (Wildman–Crippen LogP) is 5.17. The SMILES string of the molecule is Cc1cc(NC(=O)C2(c3ccc4c(c3)OCO4)CC2)cc2cc(C(C)(C)C)[nH]c12. The molecule has 1 aliphatic heterocycles. The van der Waals surface area contributed by atoms with Crippen LogP contribution < -0.4 is 14.8 Å². The van der Waals surface area contributed by atoms with E-state index in [0.29, 0.717) is 0 Å². The summed E-state index contributed by atoms with van der Waals surface area (Å²) in [6, 6.07) is 12.1. The molecular weight excluding hydrogens is 364 g/mol. The van der Waals surface area contributed by atoms with Gasteiger partial charge in [-0.3, -0.25) is 4.79 Å². The van der Waals surface area contributed by atoms with Crippen molar-refractivity contribution < 1.29 is 14.3 Å². The summed E-state index contributed by atoms with van der Waals surface area (Å²) in [5.41, 5.74) is 4.86. The van der Waals surface area contributed by atoms with Gasteiger partial charge in [-0.05, 0) is 61.2 Å². The smallest absolute Gasteiger partial charge is 0.235 e. The number of aryl methyl sites for hydroxylation is 1. The van der Waals surface area contributed by atoms with E-state index in [1.54, 1.807) is 0 Å². The Kier molecular flexibility index (Phi) is 3.76. The van der Waals surface area contributed by atoms with Gasteiger partial charge in [-0.2, -0.15) is 0 Å². The van der Waals surface area contributed by atoms with Crippen LogP contribution in [-0.2, 0) is 15.6 Å². The second-order valence-electron chi connectivity index (χ2n) is 9.29. The summed E-state index contributed by atoms with van der Waals surface area (Å²) in [5, 5.41) is 4.29. The highest BCUT2D eigenvalue weighted by Crippen LogP contribution is 2.51. The number of amides is 1. The van der Waals surface area contributed by atoms with E-state index in [9.17, 15) is 4.79 Å². The summed E-state index contributed by atoms with van der Waals surface area (Å²) in [4.78, 5) is 16.8. The van der Waals surface area contributed by atoms with Crippen LogP contribution in [0.5, 0.6) is 11.5 Å². The number of benzene rings is 2. The van der Waals surface area contributed by atoms with Crippen LogP contribution in [0.1, 0.15) is 50.4 Å². The van der Waals surface area contributed by atoms with Gasteiger partial charge in [-0.25, -0.2) is 0 Å². The summed E-state index contributed by atoms with van der Waals surface area (Å²) >= 11 is 0. The number of hydrogen-bond donors (Lipinski definition) is 2. The number of ether oxygens (including phenoxy) is 2. The number of hydrogen-bond acceptors (Lipinski definition) is 3. The Bertz CT molecular complexity index is 1130. The first-order chi connectivity index (χ1) is 13.8. The van der Waals surface area contributed by atoms with Gasteiger partial charge >= 0.3 is 0 Å². The number of carbonyl (C=O) groups excluding carboxylic acids is 1. The lowest BCUT2D eigenvalue weighted by molar-refractivity contribution is -0.118. The van der Waals surface area contributed by atoms with Crippen LogP contribution in [-0.4, -0.2) is 17.7 Å². The molecule has 0 bridgehead atoms. The van der Waals surface area contributed by atoms with E-state index >= 15 is 0 Å². The molecule has 2 aromatic carbocycles. The first-order valence-electron chi connectivity index (χ1n) is 10.1. The molecule has 0 unspecified atom stereocenters. The highest BCUT2D eigenvalue weighted by Gasteiger charge is 2.51. The van der Waals surface area contributed by atoms with E-state index in [1.165, 1.54) is 5.69 Å². The number of anilines is 1. The normalized spacial score (nSPS) is 16.8. The average Bonchev–Trinajstić information content (AvgIpc) is 3.12. The molecule has 5 rings (SSSR count). The topological polar surface area (TPSA) is 63.4 Å². The van der Waals surface area contributed by atoms with Gasteiger partial charge in [0.1, 0.15) is 0 Å². The Hall–Kier alpha value is -2.95. The van der Waals surface area contributed by atoms with Crippen LogP contribution >= 0.6 is 0 Å². The van der Waals surface area contributed by atoms with Crippen molar-refractivity contribution in [3.05, 3.63) is 53.2 Å². The molecule has 1 amide bonds. The lowest BCUT2D eigenvalue weighted by atomic mass is 9.92. The Morgan fingerprint density at radius 2 is 1.83 bits per heavy atom. The molecule has 1 saturated carbocycles. The van der Waals surface area contributed by atoms with Crippen LogP contribution in [0, 0.1) is 6.92 Å². The summed E-state index contributed by atoms with van der Waals surface area (Å²) in [6.45, 7) is 8.89. The molecule has 1 aromatic heterocycles. The fourth-order valence-electron chi connectivity index (χ4n) is 4.12. The van der Waals surface area contributed by atoms with E-state index in [4.69, 9.17) is 9.47 Å². The second kappa shape index (κ2) is 6.02. The molecule has 2 aliphatic rings. The van der Waals surface area contributed by atoms with E-state index in [-0.39, 0.29) is 18.1 Å². The van der Waals surface area contributed by atoms with Crippen molar-refractivity contribution in [1.82, 2.24) is 4.98 Å². The molecule has 150 valence electrons. The van der Waals surface area contributed by atoms with Gasteiger partial charge in [0.2, 0.25) is 12.7 Å². The summed E-state index contributed by atoms with van der Waals surface area (Å²) in [7, 11) is 0. The lowest BCUT2D eigenvalue weighted by Gasteiger charge is -2.17.